The van der Waals surface area contributed by atoms with E-state index in [0.717, 1.165) is 31.2 Å². The van der Waals surface area contributed by atoms with Crippen LogP contribution in [-0.4, -0.2) is 32.4 Å². The van der Waals surface area contributed by atoms with Crippen molar-refractivity contribution in [1.82, 2.24) is 9.62 Å². The Balaban J connectivity index is 2.31. The molecule has 1 N–H and O–H groups in total. The largest absolute Gasteiger partial charge is 0.316 e. The summed E-state index contributed by atoms with van der Waals surface area (Å²) < 4.78 is 27.3. The van der Waals surface area contributed by atoms with E-state index in [4.69, 9.17) is 11.6 Å². The van der Waals surface area contributed by atoms with Crippen LogP contribution >= 0.6 is 11.6 Å². The molecule has 21 heavy (non-hydrogen) atoms. The van der Waals surface area contributed by atoms with Crippen molar-refractivity contribution < 1.29 is 8.42 Å². The fourth-order valence-corrected chi connectivity index (χ4v) is 5.01. The second-order valence-corrected chi connectivity index (χ2v) is 7.73. The molecule has 1 saturated carbocycles. The van der Waals surface area contributed by atoms with E-state index in [-0.39, 0.29) is 6.04 Å². The standard InChI is InChI=1S/C15H23ClN2O2S/c1-3-18(13-6-4-5-7-13)21(19,20)14-9-8-12(11-17-2)15(16)10-14/h8-10,13,17H,3-7,11H2,1-2H3. The lowest BCUT2D eigenvalue weighted by Crippen LogP contribution is -2.38. The van der Waals surface area contributed by atoms with Crippen LogP contribution in [0.15, 0.2) is 23.1 Å². The van der Waals surface area contributed by atoms with Crippen molar-refractivity contribution in [2.45, 2.75) is 50.1 Å². The van der Waals surface area contributed by atoms with Gasteiger partial charge in [0.2, 0.25) is 10.0 Å². The first-order valence-corrected chi connectivity index (χ1v) is 9.27. The fourth-order valence-electron chi connectivity index (χ4n) is 2.97. The van der Waals surface area contributed by atoms with Crippen molar-refractivity contribution in [1.29, 1.82) is 0 Å². The summed E-state index contributed by atoms with van der Waals surface area (Å²) in [7, 11) is -1.63. The van der Waals surface area contributed by atoms with Crippen molar-refractivity contribution in [3.8, 4) is 0 Å². The Morgan fingerprint density at radius 3 is 2.52 bits per heavy atom. The minimum absolute atomic E-state index is 0.135. The van der Waals surface area contributed by atoms with Crippen LogP contribution in [0, 0.1) is 0 Å². The molecule has 0 spiro atoms. The second kappa shape index (κ2) is 7.09. The molecular formula is C15H23ClN2O2S. The number of sulfonamides is 1. The van der Waals surface area contributed by atoms with Crippen LogP contribution in [0.2, 0.25) is 5.02 Å². The molecule has 0 saturated heterocycles. The van der Waals surface area contributed by atoms with Gasteiger partial charge in [-0.25, -0.2) is 8.42 Å². The van der Waals surface area contributed by atoms with Crippen molar-refractivity contribution in [2.24, 2.45) is 0 Å². The molecule has 0 radical (unpaired) electrons. The summed E-state index contributed by atoms with van der Waals surface area (Å²) in [4.78, 5) is 0.293. The zero-order valence-electron chi connectivity index (χ0n) is 12.6. The lowest BCUT2D eigenvalue weighted by Gasteiger charge is -2.27. The first-order chi connectivity index (χ1) is 10.0. The highest BCUT2D eigenvalue weighted by Gasteiger charge is 2.32. The number of rotatable bonds is 6. The van der Waals surface area contributed by atoms with E-state index in [1.54, 1.807) is 22.5 Å². The number of halogens is 1. The normalized spacial score (nSPS) is 16.8. The molecule has 1 aromatic carbocycles. The molecule has 1 fully saturated rings. The van der Waals surface area contributed by atoms with Gasteiger partial charge < -0.3 is 5.32 Å². The monoisotopic (exact) mass is 330 g/mol. The van der Waals surface area contributed by atoms with Crippen LogP contribution in [0.5, 0.6) is 0 Å². The average Bonchev–Trinajstić information content (AvgIpc) is 2.95. The van der Waals surface area contributed by atoms with E-state index in [2.05, 4.69) is 5.32 Å². The van der Waals surface area contributed by atoms with Crippen molar-refractivity contribution in [2.75, 3.05) is 13.6 Å². The van der Waals surface area contributed by atoms with E-state index in [0.29, 0.717) is 23.0 Å². The Morgan fingerprint density at radius 1 is 1.33 bits per heavy atom. The fraction of sp³-hybridized carbons (Fsp3) is 0.600. The minimum atomic E-state index is -3.46. The first kappa shape index (κ1) is 16.7. The molecule has 0 amide bonds. The van der Waals surface area contributed by atoms with Gasteiger partial charge in [-0.2, -0.15) is 4.31 Å². The highest BCUT2D eigenvalue weighted by atomic mass is 35.5. The Kier molecular flexibility index (Phi) is 5.66. The molecule has 6 heteroatoms. The molecular weight excluding hydrogens is 308 g/mol. The summed E-state index contributed by atoms with van der Waals surface area (Å²) in [6.45, 7) is 3.02. The highest BCUT2D eigenvalue weighted by Crippen LogP contribution is 2.30. The predicted molar refractivity (Wildman–Crippen MR) is 86.0 cm³/mol. The lowest BCUT2D eigenvalue weighted by atomic mass is 10.2. The number of nitrogens with one attached hydrogen (secondary N) is 1. The lowest BCUT2D eigenvalue weighted by molar-refractivity contribution is 0.335. The summed E-state index contributed by atoms with van der Waals surface area (Å²) in [5.74, 6) is 0. The molecule has 0 unspecified atom stereocenters. The van der Waals surface area contributed by atoms with Gasteiger partial charge in [-0.3, -0.25) is 0 Å². The average molecular weight is 331 g/mol. The zero-order valence-corrected chi connectivity index (χ0v) is 14.2. The third kappa shape index (κ3) is 3.59. The first-order valence-electron chi connectivity index (χ1n) is 7.45. The molecule has 1 aliphatic carbocycles. The van der Waals surface area contributed by atoms with Gasteiger partial charge in [-0.1, -0.05) is 37.4 Å². The highest BCUT2D eigenvalue weighted by molar-refractivity contribution is 7.89. The Hall–Kier alpha value is -0.620. The smallest absolute Gasteiger partial charge is 0.243 e. The van der Waals surface area contributed by atoms with Crippen LogP contribution < -0.4 is 5.32 Å². The van der Waals surface area contributed by atoms with Gasteiger partial charge in [0.1, 0.15) is 0 Å². The molecule has 0 bridgehead atoms. The predicted octanol–water partition coefficient (Wildman–Crippen LogP) is 3.01. The van der Waals surface area contributed by atoms with E-state index in [1.165, 1.54) is 0 Å². The number of hydrogen-bond donors (Lipinski definition) is 1. The SMILES string of the molecule is CCN(C1CCCC1)S(=O)(=O)c1ccc(CNC)c(Cl)c1. The summed E-state index contributed by atoms with van der Waals surface area (Å²) in [6.07, 6.45) is 4.13. The second-order valence-electron chi connectivity index (χ2n) is 5.43. The maximum atomic E-state index is 12.8. The zero-order chi connectivity index (χ0) is 15.5. The molecule has 2 rings (SSSR count). The third-order valence-corrected chi connectivity index (χ3v) is 6.42. The Bertz CT molecular complexity index is 583. The van der Waals surface area contributed by atoms with Crippen LogP contribution in [0.3, 0.4) is 0 Å². The third-order valence-electron chi connectivity index (χ3n) is 4.04. The number of nitrogens with zero attached hydrogens (tertiary/aromatic N) is 1. The van der Waals surface area contributed by atoms with Gasteiger partial charge in [0, 0.05) is 24.2 Å². The molecule has 0 aliphatic heterocycles. The van der Waals surface area contributed by atoms with Gasteiger partial charge in [0.15, 0.2) is 0 Å². The molecule has 0 atom stereocenters. The van der Waals surface area contributed by atoms with Crippen LogP contribution in [0.1, 0.15) is 38.2 Å². The van der Waals surface area contributed by atoms with Gasteiger partial charge >= 0.3 is 0 Å². The topological polar surface area (TPSA) is 49.4 Å². The van der Waals surface area contributed by atoms with Gasteiger partial charge in [-0.15, -0.1) is 0 Å². The van der Waals surface area contributed by atoms with Crippen molar-refractivity contribution >= 4 is 21.6 Å². The molecule has 0 heterocycles. The molecule has 118 valence electrons. The van der Waals surface area contributed by atoms with E-state index < -0.39 is 10.0 Å². The maximum Gasteiger partial charge on any atom is 0.243 e. The summed E-state index contributed by atoms with van der Waals surface area (Å²) >= 11 is 6.20. The van der Waals surface area contributed by atoms with Crippen LogP contribution in [-0.2, 0) is 16.6 Å². The number of benzene rings is 1. The van der Waals surface area contributed by atoms with E-state index >= 15 is 0 Å². The van der Waals surface area contributed by atoms with Gasteiger partial charge in [-0.05, 0) is 37.6 Å². The Morgan fingerprint density at radius 2 is 2.00 bits per heavy atom. The quantitative estimate of drug-likeness (QED) is 0.872. The Labute approximate surface area is 132 Å². The maximum absolute atomic E-state index is 12.8. The van der Waals surface area contributed by atoms with Crippen LogP contribution in [0.4, 0.5) is 0 Å². The van der Waals surface area contributed by atoms with E-state index in [9.17, 15) is 8.42 Å². The van der Waals surface area contributed by atoms with Gasteiger partial charge in [0.05, 0.1) is 4.90 Å². The van der Waals surface area contributed by atoms with E-state index in [1.807, 2.05) is 14.0 Å². The van der Waals surface area contributed by atoms with Gasteiger partial charge in [0.25, 0.3) is 0 Å². The molecule has 1 aromatic rings. The summed E-state index contributed by atoms with van der Waals surface area (Å²) in [5.41, 5.74) is 0.905. The number of hydrogen-bond acceptors (Lipinski definition) is 3. The van der Waals surface area contributed by atoms with Crippen molar-refractivity contribution in [3.05, 3.63) is 28.8 Å². The summed E-state index contributed by atoms with van der Waals surface area (Å²) in [6, 6.07) is 5.15. The molecule has 1 aliphatic rings. The minimum Gasteiger partial charge on any atom is -0.316 e. The van der Waals surface area contributed by atoms with Crippen molar-refractivity contribution in [3.63, 3.8) is 0 Å². The van der Waals surface area contributed by atoms with Crippen LogP contribution in [0.25, 0.3) is 0 Å². The summed E-state index contributed by atoms with van der Waals surface area (Å²) in [5, 5.41) is 3.51. The molecule has 4 nitrogen and oxygen atoms in total. The molecule has 0 aromatic heterocycles.